The monoisotopic (exact) mass is 200 g/mol. The standard InChI is InChI=1S/C11H17ClO/c1-9(2)10(8-12)7-11-5-3-4-6-13-11/h4,6-7,9,11H,3,5,8H2,1-2H3/b10-7+. The molecule has 0 radical (unpaired) electrons. The van der Waals surface area contributed by atoms with Crippen molar-refractivity contribution in [3.63, 3.8) is 0 Å². The van der Waals surface area contributed by atoms with Gasteiger partial charge in [-0.2, -0.15) is 0 Å². The molecule has 1 atom stereocenters. The fourth-order valence-corrected chi connectivity index (χ4v) is 1.70. The van der Waals surface area contributed by atoms with Crippen LogP contribution in [0, 0.1) is 5.92 Å². The van der Waals surface area contributed by atoms with Gasteiger partial charge in [0.15, 0.2) is 0 Å². The first-order valence-electron chi connectivity index (χ1n) is 4.81. The Morgan fingerprint density at radius 1 is 1.69 bits per heavy atom. The summed E-state index contributed by atoms with van der Waals surface area (Å²) in [5.74, 6) is 1.13. The minimum Gasteiger partial charge on any atom is -0.494 e. The van der Waals surface area contributed by atoms with E-state index >= 15 is 0 Å². The zero-order chi connectivity index (χ0) is 9.68. The lowest BCUT2D eigenvalue weighted by Gasteiger charge is -2.18. The molecular weight excluding hydrogens is 184 g/mol. The Morgan fingerprint density at radius 3 is 2.92 bits per heavy atom. The van der Waals surface area contributed by atoms with E-state index in [0.717, 1.165) is 12.8 Å². The smallest absolute Gasteiger partial charge is 0.117 e. The van der Waals surface area contributed by atoms with Gasteiger partial charge in [-0.05, 0) is 30.9 Å². The fraction of sp³-hybridized carbons (Fsp3) is 0.636. The van der Waals surface area contributed by atoms with Gasteiger partial charge in [-0.3, -0.25) is 0 Å². The third-order valence-electron chi connectivity index (χ3n) is 2.26. The number of halogens is 1. The summed E-state index contributed by atoms with van der Waals surface area (Å²) in [6.45, 7) is 4.32. The number of rotatable bonds is 3. The Morgan fingerprint density at radius 2 is 2.46 bits per heavy atom. The largest absolute Gasteiger partial charge is 0.494 e. The van der Waals surface area contributed by atoms with Crippen LogP contribution in [0.15, 0.2) is 24.0 Å². The minimum atomic E-state index is 0.237. The summed E-state index contributed by atoms with van der Waals surface area (Å²) in [6.07, 6.45) is 8.43. The lowest BCUT2D eigenvalue weighted by Crippen LogP contribution is -2.11. The number of allylic oxidation sites excluding steroid dienone is 2. The average Bonchev–Trinajstić information content (AvgIpc) is 2.15. The summed E-state index contributed by atoms with van der Waals surface area (Å²) in [5.41, 5.74) is 1.28. The first-order chi connectivity index (χ1) is 6.24. The molecule has 2 heteroatoms. The van der Waals surface area contributed by atoms with Crippen molar-refractivity contribution < 1.29 is 4.74 Å². The molecule has 74 valence electrons. The molecule has 0 saturated carbocycles. The molecule has 1 rings (SSSR count). The van der Waals surface area contributed by atoms with E-state index in [9.17, 15) is 0 Å². The van der Waals surface area contributed by atoms with Crippen LogP contribution in [-0.4, -0.2) is 12.0 Å². The van der Waals surface area contributed by atoms with Crippen LogP contribution in [0.3, 0.4) is 0 Å². The highest BCUT2D eigenvalue weighted by Gasteiger charge is 2.10. The molecule has 13 heavy (non-hydrogen) atoms. The maximum atomic E-state index is 5.84. The molecule has 0 bridgehead atoms. The molecule has 0 spiro atoms. The summed E-state index contributed by atoms with van der Waals surface area (Å²) in [7, 11) is 0. The van der Waals surface area contributed by atoms with Crippen LogP contribution in [0.5, 0.6) is 0 Å². The molecule has 0 aromatic carbocycles. The Balaban J connectivity index is 2.55. The van der Waals surface area contributed by atoms with Crippen LogP contribution in [0.1, 0.15) is 26.7 Å². The number of alkyl halides is 1. The van der Waals surface area contributed by atoms with E-state index in [1.807, 2.05) is 0 Å². The second-order valence-corrected chi connectivity index (χ2v) is 3.92. The van der Waals surface area contributed by atoms with Gasteiger partial charge in [0.05, 0.1) is 6.26 Å². The van der Waals surface area contributed by atoms with Gasteiger partial charge in [0.25, 0.3) is 0 Å². The zero-order valence-corrected chi connectivity index (χ0v) is 9.05. The van der Waals surface area contributed by atoms with E-state index in [4.69, 9.17) is 16.3 Å². The second kappa shape index (κ2) is 5.33. The first-order valence-corrected chi connectivity index (χ1v) is 5.34. The van der Waals surface area contributed by atoms with Crippen molar-refractivity contribution >= 4 is 11.6 Å². The molecule has 0 aromatic rings. The normalized spacial score (nSPS) is 23.4. The highest BCUT2D eigenvalue weighted by molar-refractivity contribution is 6.19. The van der Waals surface area contributed by atoms with Crippen LogP contribution in [0.25, 0.3) is 0 Å². The van der Waals surface area contributed by atoms with Crippen LogP contribution in [0.2, 0.25) is 0 Å². The average molecular weight is 201 g/mol. The Labute approximate surface area is 85.4 Å². The maximum absolute atomic E-state index is 5.84. The van der Waals surface area contributed by atoms with E-state index < -0.39 is 0 Å². The Hall–Kier alpha value is -0.430. The molecule has 1 heterocycles. The zero-order valence-electron chi connectivity index (χ0n) is 8.29. The van der Waals surface area contributed by atoms with Gasteiger partial charge in [-0.25, -0.2) is 0 Å². The topological polar surface area (TPSA) is 9.23 Å². The van der Waals surface area contributed by atoms with Crippen LogP contribution >= 0.6 is 11.6 Å². The Bertz CT molecular complexity index is 206. The van der Waals surface area contributed by atoms with E-state index in [1.165, 1.54) is 5.57 Å². The summed E-state index contributed by atoms with van der Waals surface area (Å²) in [4.78, 5) is 0. The molecule has 0 N–H and O–H groups in total. The van der Waals surface area contributed by atoms with Crippen molar-refractivity contribution in [1.82, 2.24) is 0 Å². The summed E-state index contributed by atoms with van der Waals surface area (Å²) >= 11 is 5.84. The predicted octanol–water partition coefficient (Wildman–Crippen LogP) is 3.50. The highest BCUT2D eigenvalue weighted by atomic mass is 35.5. The van der Waals surface area contributed by atoms with Gasteiger partial charge >= 0.3 is 0 Å². The molecule has 0 saturated heterocycles. The van der Waals surface area contributed by atoms with Gasteiger partial charge in [0.2, 0.25) is 0 Å². The maximum Gasteiger partial charge on any atom is 0.117 e. The van der Waals surface area contributed by atoms with E-state index in [0.29, 0.717) is 11.8 Å². The third-order valence-corrected chi connectivity index (χ3v) is 2.57. The van der Waals surface area contributed by atoms with Gasteiger partial charge in [-0.1, -0.05) is 19.4 Å². The van der Waals surface area contributed by atoms with E-state index in [2.05, 4.69) is 26.0 Å². The molecular formula is C11H17ClO. The van der Waals surface area contributed by atoms with E-state index in [-0.39, 0.29) is 6.10 Å². The molecule has 0 fully saturated rings. The molecule has 0 aromatic heterocycles. The quantitative estimate of drug-likeness (QED) is 0.501. The van der Waals surface area contributed by atoms with Gasteiger partial charge in [0, 0.05) is 5.88 Å². The number of ether oxygens (including phenoxy) is 1. The van der Waals surface area contributed by atoms with E-state index in [1.54, 1.807) is 6.26 Å². The third kappa shape index (κ3) is 3.43. The first kappa shape index (κ1) is 10.6. The van der Waals surface area contributed by atoms with Crippen molar-refractivity contribution in [2.75, 3.05) is 5.88 Å². The molecule has 1 nitrogen and oxygen atoms in total. The van der Waals surface area contributed by atoms with Crippen molar-refractivity contribution in [2.45, 2.75) is 32.8 Å². The number of hydrogen-bond acceptors (Lipinski definition) is 1. The Kier molecular flexibility index (Phi) is 4.37. The molecule has 0 amide bonds. The molecule has 1 aliphatic heterocycles. The van der Waals surface area contributed by atoms with Crippen molar-refractivity contribution in [2.24, 2.45) is 5.92 Å². The lowest BCUT2D eigenvalue weighted by molar-refractivity contribution is 0.164. The van der Waals surface area contributed by atoms with Crippen LogP contribution in [-0.2, 0) is 4.74 Å². The predicted molar refractivity (Wildman–Crippen MR) is 56.9 cm³/mol. The molecule has 0 aliphatic carbocycles. The fourth-order valence-electron chi connectivity index (χ4n) is 1.31. The summed E-state index contributed by atoms with van der Waals surface area (Å²) in [6, 6.07) is 0. The van der Waals surface area contributed by atoms with Crippen molar-refractivity contribution in [3.05, 3.63) is 24.0 Å². The number of hydrogen-bond donors (Lipinski definition) is 0. The van der Waals surface area contributed by atoms with Crippen LogP contribution in [0.4, 0.5) is 0 Å². The van der Waals surface area contributed by atoms with Gasteiger partial charge < -0.3 is 4.74 Å². The second-order valence-electron chi connectivity index (χ2n) is 3.65. The SMILES string of the molecule is CC(C)/C(=C/C1CCC=CO1)CCl. The minimum absolute atomic E-state index is 0.237. The van der Waals surface area contributed by atoms with Gasteiger partial charge in [-0.15, -0.1) is 11.6 Å². The summed E-state index contributed by atoms with van der Waals surface area (Å²) in [5, 5.41) is 0. The van der Waals surface area contributed by atoms with Crippen molar-refractivity contribution in [1.29, 1.82) is 0 Å². The molecule has 1 aliphatic rings. The van der Waals surface area contributed by atoms with Crippen molar-refractivity contribution in [3.8, 4) is 0 Å². The summed E-state index contributed by atoms with van der Waals surface area (Å²) < 4.78 is 5.44. The molecule has 1 unspecified atom stereocenters. The van der Waals surface area contributed by atoms with Gasteiger partial charge in [0.1, 0.15) is 6.10 Å². The highest BCUT2D eigenvalue weighted by Crippen LogP contribution is 2.18. The lowest BCUT2D eigenvalue weighted by atomic mass is 10.0. The van der Waals surface area contributed by atoms with Crippen LogP contribution < -0.4 is 0 Å².